The molecular formula is C8H17N. The van der Waals surface area contributed by atoms with Gasteiger partial charge < -0.3 is 5.73 Å². The van der Waals surface area contributed by atoms with Gasteiger partial charge in [0.05, 0.1) is 0 Å². The zero-order valence-electron chi connectivity index (χ0n) is 6.43. The molecule has 3 atom stereocenters. The van der Waals surface area contributed by atoms with Gasteiger partial charge in [-0.25, -0.2) is 0 Å². The van der Waals surface area contributed by atoms with E-state index < -0.39 is 0 Å². The van der Waals surface area contributed by atoms with Gasteiger partial charge in [0.1, 0.15) is 0 Å². The van der Waals surface area contributed by atoms with Gasteiger partial charge in [0, 0.05) is 6.04 Å². The van der Waals surface area contributed by atoms with Gasteiger partial charge >= 0.3 is 0 Å². The van der Waals surface area contributed by atoms with Crippen molar-refractivity contribution in [3.8, 4) is 0 Å². The molecule has 1 rings (SSSR count). The second-order valence-corrected chi connectivity index (χ2v) is 3.14. The van der Waals surface area contributed by atoms with Crippen LogP contribution in [0.2, 0.25) is 0 Å². The van der Waals surface area contributed by atoms with Crippen molar-refractivity contribution < 1.29 is 0 Å². The Balaban J connectivity index is 2.17. The summed E-state index contributed by atoms with van der Waals surface area (Å²) in [5.74, 6) is 1.85. The fourth-order valence-corrected chi connectivity index (χ4v) is 1.57. The molecule has 1 aliphatic carbocycles. The minimum absolute atomic E-state index is 0.495. The SMILES string of the molecule is CCC1CC1[C@@H](N)CC. The largest absolute Gasteiger partial charge is 0.327 e. The summed E-state index contributed by atoms with van der Waals surface area (Å²) in [6.45, 7) is 4.43. The van der Waals surface area contributed by atoms with Crippen molar-refractivity contribution in [2.45, 2.75) is 39.2 Å². The second-order valence-electron chi connectivity index (χ2n) is 3.14. The second kappa shape index (κ2) is 2.70. The monoisotopic (exact) mass is 127 g/mol. The van der Waals surface area contributed by atoms with Crippen molar-refractivity contribution in [2.24, 2.45) is 17.6 Å². The van der Waals surface area contributed by atoms with Crippen molar-refractivity contribution in [2.75, 3.05) is 0 Å². The highest BCUT2D eigenvalue weighted by Crippen LogP contribution is 2.43. The van der Waals surface area contributed by atoms with Crippen LogP contribution in [-0.4, -0.2) is 6.04 Å². The highest BCUT2D eigenvalue weighted by molar-refractivity contribution is 4.91. The Labute approximate surface area is 57.6 Å². The zero-order chi connectivity index (χ0) is 6.85. The Kier molecular flexibility index (Phi) is 2.12. The molecule has 0 spiro atoms. The van der Waals surface area contributed by atoms with Crippen LogP contribution in [0.1, 0.15) is 33.1 Å². The maximum absolute atomic E-state index is 5.84. The van der Waals surface area contributed by atoms with E-state index >= 15 is 0 Å². The number of hydrogen-bond donors (Lipinski definition) is 1. The first kappa shape index (κ1) is 7.07. The molecular weight excluding hydrogens is 110 g/mol. The molecule has 2 N–H and O–H groups in total. The van der Waals surface area contributed by atoms with Gasteiger partial charge in [0.25, 0.3) is 0 Å². The molecule has 1 aliphatic rings. The maximum Gasteiger partial charge on any atom is 0.00672 e. The molecule has 2 unspecified atom stereocenters. The van der Waals surface area contributed by atoms with E-state index in [4.69, 9.17) is 5.73 Å². The van der Waals surface area contributed by atoms with Crippen molar-refractivity contribution in [1.82, 2.24) is 0 Å². The molecule has 0 radical (unpaired) electrons. The summed E-state index contributed by atoms with van der Waals surface area (Å²) in [6.07, 6.45) is 3.88. The van der Waals surface area contributed by atoms with E-state index in [1.807, 2.05) is 0 Å². The van der Waals surface area contributed by atoms with E-state index in [-0.39, 0.29) is 0 Å². The van der Waals surface area contributed by atoms with Crippen molar-refractivity contribution >= 4 is 0 Å². The Morgan fingerprint density at radius 1 is 1.56 bits per heavy atom. The molecule has 0 aromatic carbocycles. The molecule has 54 valence electrons. The maximum atomic E-state index is 5.84. The average molecular weight is 127 g/mol. The summed E-state index contributed by atoms with van der Waals surface area (Å²) in [4.78, 5) is 0. The molecule has 0 aliphatic heterocycles. The topological polar surface area (TPSA) is 26.0 Å². The summed E-state index contributed by atoms with van der Waals surface area (Å²) in [5.41, 5.74) is 5.84. The van der Waals surface area contributed by atoms with Gasteiger partial charge in [-0.3, -0.25) is 0 Å². The first-order chi connectivity index (χ1) is 4.29. The van der Waals surface area contributed by atoms with Gasteiger partial charge in [-0.1, -0.05) is 20.3 Å². The molecule has 0 aromatic rings. The molecule has 0 heterocycles. The van der Waals surface area contributed by atoms with Gasteiger partial charge in [-0.05, 0) is 24.7 Å². The molecule has 0 bridgehead atoms. The average Bonchev–Trinajstić information content (AvgIpc) is 2.64. The van der Waals surface area contributed by atoms with Crippen LogP contribution in [0, 0.1) is 11.8 Å². The van der Waals surface area contributed by atoms with E-state index in [9.17, 15) is 0 Å². The van der Waals surface area contributed by atoms with Crippen molar-refractivity contribution in [3.63, 3.8) is 0 Å². The molecule has 1 saturated carbocycles. The molecule has 1 fully saturated rings. The first-order valence-corrected chi connectivity index (χ1v) is 4.05. The Morgan fingerprint density at radius 2 is 2.22 bits per heavy atom. The van der Waals surface area contributed by atoms with Crippen LogP contribution in [0.3, 0.4) is 0 Å². The number of nitrogens with two attached hydrogens (primary N) is 1. The predicted octanol–water partition coefficient (Wildman–Crippen LogP) is 1.77. The van der Waals surface area contributed by atoms with E-state index in [1.165, 1.54) is 12.8 Å². The lowest BCUT2D eigenvalue weighted by molar-refractivity contribution is 0.529. The van der Waals surface area contributed by atoms with E-state index in [1.54, 1.807) is 0 Å². The molecule has 9 heavy (non-hydrogen) atoms. The highest BCUT2D eigenvalue weighted by atomic mass is 14.7. The fraction of sp³-hybridized carbons (Fsp3) is 1.00. The number of hydrogen-bond acceptors (Lipinski definition) is 1. The third kappa shape index (κ3) is 1.45. The van der Waals surface area contributed by atoms with Crippen LogP contribution < -0.4 is 5.73 Å². The van der Waals surface area contributed by atoms with Crippen LogP contribution >= 0.6 is 0 Å². The van der Waals surface area contributed by atoms with Crippen LogP contribution in [0.5, 0.6) is 0 Å². The lowest BCUT2D eigenvalue weighted by Gasteiger charge is -2.05. The standard InChI is InChI=1S/C8H17N/c1-3-6-5-7(6)8(9)4-2/h6-8H,3-5,9H2,1-2H3/t6?,7?,8-/m0/s1. The Bertz CT molecular complexity index is 90.6. The minimum atomic E-state index is 0.495. The Hall–Kier alpha value is -0.0400. The van der Waals surface area contributed by atoms with Crippen LogP contribution in [-0.2, 0) is 0 Å². The lowest BCUT2D eigenvalue weighted by atomic mass is 10.1. The third-order valence-corrected chi connectivity index (χ3v) is 2.52. The van der Waals surface area contributed by atoms with Gasteiger partial charge in [0.15, 0.2) is 0 Å². The lowest BCUT2D eigenvalue weighted by Crippen LogP contribution is -2.21. The predicted molar refractivity (Wildman–Crippen MR) is 40.2 cm³/mol. The third-order valence-electron chi connectivity index (χ3n) is 2.52. The first-order valence-electron chi connectivity index (χ1n) is 4.05. The summed E-state index contributed by atoms with van der Waals surface area (Å²) >= 11 is 0. The van der Waals surface area contributed by atoms with Gasteiger partial charge in [0.2, 0.25) is 0 Å². The van der Waals surface area contributed by atoms with Crippen LogP contribution in [0.4, 0.5) is 0 Å². The van der Waals surface area contributed by atoms with Gasteiger partial charge in [-0.15, -0.1) is 0 Å². The molecule has 1 heteroatoms. The van der Waals surface area contributed by atoms with Crippen molar-refractivity contribution in [3.05, 3.63) is 0 Å². The number of rotatable bonds is 3. The fourth-order valence-electron chi connectivity index (χ4n) is 1.57. The van der Waals surface area contributed by atoms with Crippen LogP contribution in [0.15, 0.2) is 0 Å². The summed E-state index contributed by atoms with van der Waals surface area (Å²) < 4.78 is 0. The zero-order valence-corrected chi connectivity index (χ0v) is 6.43. The molecule has 0 aromatic heterocycles. The Morgan fingerprint density at radius 3 is 2.56 bits per heavy atom. The van der Waals surface area contributed by atoms with E-state index in [0.29, 0.717) is 6.04 Å². The molecule has 0 amide bonds. The van der Waals surface area contributed by atoms with Crippen LogP contribution in [0.25, 0.3) is 0 Å². The molecule has 1 nitrogen and oxygen atoms in total. The van der Waals surface area contributed by atoms with Gasteiger partial charge in [-0.2, -0.15) is 0 Å². The summed E-state index contributed by atoms with van der Waals surface area (Å²) in [6, 6.07) is 0.495. The van der Waals surface area contributed by atoms with E-state index in [2.05, 4.69) is 13.8 Å². The highest BCUT2D eigenvalue weighted by Gasteiger charge is 2.38. The normalized spacial score (nSPS) is 36.3. The summed E-state index contributed by atoms with van der Waals surface area (Å²) in [7, 11) is 0. The van der Waals surface area contributed by atoms with Crippen molar-refractivity contribution in [1.29, 1.82) is 0 Å². The quantitative estimate of drug-likeness (QED) is 0.614. The summed E-state index contributed by atoms with van der Waals surface area (Å²) in [5, 5.41) is 0. The molecule has 0 saturated heterocycles. The minimum Gasteiger partial charge on any atom is -0.327 e. The van der Waals surface area contributed by atoms with E-state index in [0.717, 1.165) is 18.3 Å². The smallest absolute Gasteiger partial charge is 0.00672 e.